The Hall–Kier alpha value is 2.56. The number of rotatable bonds is 2. The van der Waals surface area contributed by atoms with E-state index in [1.54, 1.807) is 0 Å². The number of benzene rings is 1. The molecule has 2 N–H and O–H groups in total. The first-order valence-electron chi connectivity index (χ1n) is 3.67. The van der Waals surface area contributed by atoms with Crippen molar-refractivity contribution in [3.05, 3.63) is 35.9 Å². The van der Waals surface area contributed by atoms with Gasteiger partial charge < -0.3 is 9.79 Å². The van der Waals surface area contributed by atoms with Crippen molar-refractivity contribution >= 4 is 105 Å². The summed E-state index contributed by atoms with van der Waals surface area (Å²) in [5.41, 5.74) is 1.32. The summed E-state index contributed by atoms with van der Waals surface area (Å²) in [7, 11) is -6.40. The molecule has 0 heterocycles. The van der Waals surface area contributed by atoms with Crippen molar-refractivity contribution in [2.75, 3.05) is 0 Å². The van der Waals surface area contributed by atoms with E-state index in [1.165, 1.54) is 5.56 Å². The van der Waals surface area contributed by atoms with E-state index in [9.17, 15) is 9.13 Å². The van der Waals surface area contributed by atoms with Crippen LogP contribution >= 0.6 is 16.5 Å². The molecule has 86 valence electrons. The first-order valence-corrected chi connectivity index (χ1v) is 6.20. The zero-order valence-electron chi connectivity index (χ0n) is 7.51. The van der Waals surface area contributed by atoms with E-state index in [4.69, 9.17) is 9.79 Å². The van der Waals surface area contributed by atoms with Gasteiger partial charge in [0.2, 0.25) is 0 Å². The molecule has 0 spiro atoms. The Bertz CT molecular complexity index is 300. The molecule has 10 heteroatoms. The zero-order valence-corrected chi connectivity index (χ0v) is 9.51. The standard InChI is InChI=1S/C7H8.3Na.H4O5P2.3H/c1-7-5-3-2-4-6-7;;;;1-6(2)5-7(3)4;;;/h2-6H,1H3;;;;6-7H,(H,1,2)(H,3,4);;;. The summed E-state index contributed by atoms with van der Waals surface area (Å²) in [6.07, 6.45) is 0. The van der Waals surface area contributed by atoms with Crippen LogP contribution in [0.4, 0.5) is 0 Å². The summed E-state index contributed by atoms with van der Waals surface area (Å²) >= 11 is 0. The zero-order chi connectivity index (χ0) is 11.0. The molecular weight excluding hydrogens is 295 g/mol. The van der Waals surface area contributed by atoms with E-state index in [-0.39, 0.29) is 88.7 Å². The first kappa shape index (κ1) is 27.8. The molecule has 2 unspecified atom stereocenters. The molecular formula is C7H15Na3O5P2. The van der Waals surface area contributed by atoms with Crippen LogP contribution in [0.2, 0.25) is 0 Å². The maximum absolute atomic E-state index is 9.44. The third kappa shape index (κ3) is 24.0. The molecule has 0 aliphatic carbocycles. The first-order chi connectivity index (χ1) is 6.52. The van der Waals surface area contributed by atoms with Gasteiger partial charge in [-0.1, -0.05) is 35.9 Å². The fourth-order valence-electron chi connectivity index (χ4n) is 0.609. The van der Waals surface area contributed by atoms with Crippen LogP contribution in [0, 0.1) is 6.92 Å². The van der Waals surface area contributed by atoms with Crippen molar-refractivity contribution in [1.29, 1.82) is 0 Å². The molecule has 1 aromatic carbocycles. The minimum atomic E-state index is -3.20. The molecule has 0 radical (unpaired) electrons. The Balaban J connectivity index is -0.0000000845. The number of hydrogen-bond acceptors (Lipinski definition) is 3. The average Bonchev–Trinajstić information content (AvgIpc) is 2.03. The van der Waals surface area contributed by atoms with Crippen LogP contribution in [0.3, 0.4) is 0 Å². The fourth-order valence-corrected chi connectivity index (χ4v) is 1.21. The number of aryl methyl sites for hydroxylation is 1. The van der Waals surface area contributed by atoms with E-state index in [2.05, 4.69) is 23.4 Å². The van der Waals surface area contributed by atoms with Crippen LogP contribution in [0.1, 0.15) is 5.56 Å². The van der Waals surface area contributed by atoms with E-state index in [0.29, 0.717) is 0 Å². The van der Waals surface area contributed by atoms with Crippen molar-refractivity contribution in [3.8, 4) is 0 Å². The van der Waals surface area contributed by atoms with Gasteiger partial charge in [0, 0.05) is 0 Å². The van der Waals surface area contributed by atoms with Gasteiger partial charge in [0.05, 0.1) is 0 Å². The van der Waals surface area contributed by atoms with Crippen molar-refractivity contribution in [2.45, 2.75) is 6.92 Å². The number of hydrogen-bond donors (Lipinski definition) is 2. The van der Waals surface area contributed by atoms with E-state index < -0.39 is 16.5 Å². The third-order valence-electron chi connectivity index (χ3n) is 1.12. The molecule has 17 heavy (non-hydrogen) atoms. The predicted octanol–water partition coefficient (Wildman–Crippen LogP) is -0.183. The summed E-state index contributed by atoms with van der Waals surface area (Å²) in [6, 6.07) is 10.3. The van der Waals surface area contributed by atoms with Crippen LogP contribution in [0.15, 0.2) is 30.3 Å². The summed E-state index contributed by atoms with van der Waals surface area (Å²) in [5, 5.41) is 0. The summed E-state index contributed by atoms with van der Waals surface area (Å²) in [5.74, 6) is 0. The molecule has 0 aromatic heterocycles. The molecule has 2 atom stereocenters. The molecule has 0 saturated carbocycles. The Labute approximate surface area is 169 Å². The van der Waals surface area contributed by atoms with Crippen molar-refractivity contribution in [1.82, 2.24) is 0 Å². The van der Waals surface area contributed by atoms with Crippen LogP contribution in [0.5, 0.6) is 0 Å². The molecule has 0 bridgehead atoms. The predicted molar refractivity (Wildman–Crippen MR) is 76.2 cm³/mol. The molecule has 0 aliphatic rings. The fraction of sp³-hybridized carbons (Fsp3) is 0.143. The van der Waals surface area contributed by atoms with E-state index in [1.807, 2.05) is 18.2 Å². The molecule has 1 rings (SSSR count). The Morgan fingerprint density at radius 3 is 1.41 bits per heavy atom. The molecule has 0 aliphatic heterocycles. The second-order valence-corrected chi connectivity index (χ2v) is 4.17. The Kier molecular flexibility index (Phi) is 30.4. The topological polar surface area (TPSA) is 83.8 Å². The van der Waals surface area contributed by atoms with Crippen molar-refractivity contribution in [3.63, 3.8) is 0 Å². The monoisotopic (exact) mass is 310 g/mol. The van der Waals surface area contributed by atoms with Gasteiger partial charge in [-0.25, -0.2) is 4.31 Å². The van der Waals surface area contributed by atoms with E-state index in [0.717, 1.165) is 0 Å². The summed E-state index contributed by atoms with van der Waals surface area (Å²) < 4.78 is 22.3. The Morgan fingerprint density at radius 1 is 0.941 bits per heavy atom. The third-order valence-corrected chi connectivity index (χ3v) is 2.51. The second-order valence-electron chi connectivity index (χ2n) is 2.29. The van der Waals surface area contributed by atoms with Crippen LogP contribution in [0.25, 0.3) is 0 Å². The molecule has 5 nitrogen and oxygen atoms in total. The Morgan fingerprint density at radius 2 is 1.29 bits per heavy atom. The average molecular weight is 310 g/mol. The van der Waals surface area contributed by atoms with Gasteiger partial charge >= 0.3 is 105 Å². The van der Waals surface area contributed by atoms with Gasteiger partial charge in [-0.15, -0.1) is 0 Å². The van der Waals surface area contributed by atoms with Crippen molar-refractivity contribution < 1.29 is 23.2 Å². The van der Waals surface area contributed by atoms with Gasteiger partial charge in [-0.3, -0.25) is 9.13 Å². The van der Waals surface area contributed by atoms with Gasteiger partial charge in [0.25, 0.3) is 0 Å². The second kappa shape index (κ2) is 18.6. The van der Waals surface area contributed by atoms with Crippen molar-refractivity contribution in [2.24, 2.45) is 0 Å². The van der Waals surface area contributed by atoms with Gasteiger partial charge in [0.1, 0.15) is 0 Å². The molecule has 0 amide bonds. The van der Waals surface area contributed by atoms with Gasteiger partial charge in [0.15, 0.2) is 0 Å². The summed E-state index contributed by atoms with van der Waals surface area (Å²) in [6.45, 7) is 2.08. The minimum absolute atomic E-state index is 0. The van der Waals surface area contributed by atoms with Crippen LogP contribution < -0.4 is 0 Å². The van der Waals surface area contributed by atoms with E-state index >= 15 is 0 Å². The van der Waals surface area contributed by atoms with Gasteiger partial charge in [-0.05, 0) is 6.92 Å². The van der Waals surface area contributed by atoms with Gasteiger partial charge in [-0.2, -0.15) is 0 Å². The normalized spacial score (nSPS) is 11.2. The maximum atomic E-state index is 9.44. The van der Waals surface area contributed by atoms with Crippen LogP contribution in [-0.2, 0) is 13.4 Å². The molecule has 1 aromatic rings. The SMILES string of the molecule is Cc1ccccc1.O=[PH](O)O[PH](=O)O.[NaH].[NaH].[NaH]. The molecule has 0 saturated heterocycles. The summed E-state index contributed by atoms with van der Waals surface area (Å²) in [4.78, 5) is 15.4. The quantitative estimate of drug-likeness (QED) is 0.585. The molecule has 0 fully saturated rings. The van der Waals surface area contributed by atoms with Crippen LogP contribution in [-0.4, -0.2) is 98.5 Å².